The van der Waals surface area contributed by atoms with Crippen molar-refractivity contribution in [2.75, 3.05) is 20.1 Å². The Morgan fingerprint density at radius 1 is 1.27 bits per heavy atom. The van der Waals surface area contributed by atoms with Gasteiger partial charge in [-0.2, -0.15) is 0 Å². The number of likely N-dealkylation sites (N-methyl/N-ethyl adjacent to an activating group) is 1. The molecule has 0 radical (unpaired) electrons. The summed E-state index contributed by atoms with van der Waals surface area (Å²) in [4.78, 5) is 2.29. The van der Waals surface area contributed by atoms with Crippen LogP contribution in [0.25, 0.3) is 0 Å². The molecule has 0 aliphatic carbocycles. The van der Waals surface area contributed by atoms with E-state index in [1.54, 1.807) is 0 Å². The first kappa shape index (κ1) is 14.4. The van der Waals surface area contributed by atoms with E-state index >= 15 is 0 Å². The molecule has 1 aromatic carbocycles. The molecule has 0 N–H and O–H groups in total. The quantitative estimate of drug-likeness (QED) is 0.454. The predicted molar refractivity (Wildman–Crippen MR) is 62.1 cm³/mol. The number of hydrogen-bond donors (Lipinski definition) is 0. The average Bonchev–Trinajstić information content (AvgIpc) is 2.25. The van der Waals surface area contributed by atoms with E-state index in [9.17, 15) is 0 Å². The molecule has 0 bridgehead atoms. The van der Waals surface area contributed by atoms with Gasteiger partial charge in [-0.25, -0.2) is 19.1 Å². The van der Waals surface area contributed by atoms with Crippen LogP contribution < -0.4 is 18.9 Å². The second-order valence-corrected chi connectivity index (χ2v) is 3.47. The van der Waals surface area contributed by atoms with Gasteiger partial charge in [-0.15, -0.1) is 0 Å². The molecular weight excluding hydrogens is 177 g/mol. The third kappa shape index (κ3) is 6.46. The third-order valence-corrected chi connectivity index (χ3v) is 2.21. The van der Waals surface area contributed by atoms with Crippen LogP contribution in [0.2, 0.25) is 0 Å². The molecule has 0 saturated carbocycles. The van der Waals surface area contributed by atoms with Crippen LogP contribution in [0, 0.1) is 6.92 Å². The Balaban J connectivity index is 0.00000196. The summed E-state index contributed by atoms with van der Waals surface area (Å²) in [5, 5.41) is 0. The SMILES string of the molecule is [CH2-]C=CCN(C)CCc1ccccc1.[Li+]. The number of nitrogens with zero attached hydrogens (tertiary/aromatic N) is 1. The topological polar surface area (TPSA) is 3.24 Å². The van der Waals surface area contributed by atoms with E-state index in [1.807, 2.05) is 6.08 Å². The van der Waals surface area contributed by atoms with Crippen molar-refractivity contribution in [2.45, 2.75) is 6.42 Å². The minimum Gasteiger partial charge on any atom is -0.319 e. The summed E-state index contributed by atoms with van der Waals surface area (Å²) in [5.41, 5.74) is 1.40. The summed E-state index contributed by atoms with van der Waals surface area (Å²) in [6.07, 6.45) is 5.03. The standard InChI is InChI=1S/C13H18N.Li/c1-3-4-11-14(2)12-10-13-8-6-5-7-9-13;/h3-9H,1,10-12H2,2H3;/q-1;+1. The zero-order valence-electron chi connectivity index (χ0n) is 9.82. The Kier molecular flexibility index (Phi) is 8.32. The zero-order valence-corrected chi connectivity index (χ0v) is 9.82. The van der Waals surface area contributed by atoms with E-state index in [0.29, 0.717) is 0 Å². The summed E-state index contributed by atoms with van der Waals surface area (Å²) in [6, 6.07) is 10.6. The van der Waals surface area contributed by atoms with Gasteiger partial charge in [0.05, 0.1) is 0 Å². The Morgan fingerprint density at radius 2 is 1.93 bits per heavy atom. The van der Waals surface area contributed by atoms with Crippen molar-refractivity contribution >= 4 is 0 Å². The average molecular weight is 195 g/mol. The summed E-state index contributed by atoms with van der Waals surface area (Å²) in [6.45, 7) is 5.74. The van der Waals surface area contributed by atoms with Crippen LogP contribution in [0.15, 0.2) is 42.5 Å². The molecule has 0 amide bonds. The van der Waals surface area contributed by atoms with Gasteiger partial charge in [0, 0.05) is 6.54 Å². The molecule has 0 unspecified atom stereocenters. The number of rotatable bonds is 5. The van der Waals surface area contributed by atoms with Gasteiger partial charge in [0.25, 0.3) is 0 Å². The van der Waals surface area contributed by atoms with Crippen molar-refractivity contribution in [1.82, 2.24) is 4.90 Å². The van der Waals surface area contributed by atoms with E-state index in [4.69, 9.17) is 0 Å². The maximum atomic E-state index is 3.67. The van der Waals surface area contributed by atoms with Gasteiger partial charge in [0.1, 0.15) is 0 Å². The third-order valence-electron chi connectivity index (χ3n) is 2.21. The van der Waals surface area contributed by atoms with Gasteiger partial charge in [-0.3, -0.25) is 0 Å². The van der Waals surface area contributed by atoms with Crippen LogP contribution in [0.1, 0.15) is 5.56 Å². The van der Waals surface area contributed by atoms with Crippen LogP contribution in [0.4, 0.5) is 0 Å². The molecule has 0 aromatic heterocycles. The molecule has 76 valence electrons. The molecule has 0 spiro atoms. The maximum absolute atomic E-state index is 3.67. The smallest absolute Gasteiger partial charge is 0.319 e. The number of hydrogen-bond acceptors (Lipinski definition) is 1. The molecule has 0 atom stereocenters. The monoisotopic (exact) mass is 195 g/mol. The first-order valence-corrected chi connectivity index (χ1v) is 4.99. The van der Waals surface area contributed by atoms with Crippen LogP contribution in [0.3, 0.4) is 0 Å². The van der Waals surface area contributed by atoms with Crippen molar-refractivity contribution in [3.8, 4) is 0 Å². The molecule has 0 heterocycles. The zero-order chi connectivity index (χ0) is 10.2. The Bertz CT molecular complexity index is 269. The molecule has 15 heavy (non-hydrogen) atoms. The summed E-state index contributed by atoms with van der Waals surface area (Å²) in [7, 11) is 2.13. The Morgan fingerprint density at radius 3 is 2.53 bits per heavy atom. The molecule has 1 rings (SSSR count). The predicted octanol–water partition coefficient (Wildman–Crippen LogP) is -0.445. The van der Waals surface area contributed by atoms with Gasteiger partial charge >= 0.3 is 18.9 Å². The fourth-order valence-corrected chi connectivity index (χ4v) is 1.31. The first-order chi connectivity index (χ1) is 6.83. The van der Waals surface area contributed by atoms with E-state index in [0.717, 1.165) is 19.5 Å². The van der Waals surface area contributed by atoms with Crippen molar-refractivity contribution in [1.29, 1.82) is 0 Å². The van der Waals surface area contributed by atoms with Crippen LogP contribution in [0.5, 0.6) is 0 Å². The first-order valence-electron chi connectivity index (χ1n) is 4.99. The molecule has 0 aliphatic rings. The van der Waals surface area contributed by atoms with Gasteiger partial charge in [-0.05, 0) is 25.6 Å². The number of allylic oxidation sites excluding steroid dienone is 1. The molecule has 0 fully saturated rings. The largest absolute Gasteiger partial charge is 1.00 e. The van der Waals surface area contributed by atoms with Gasteiger partial charge < -0.3 is 4.90 Å². The van der Waals surface area contributed by atoms with Crippen molar-refractivity contribution in [3.05, 3.63) is 55.0 Å². The van der Waals surface area contributed by atoms with Gasteiger partial charge in [0.15, 0.2) is 0 Å². The fraction of sp³-hybridized carbons (Fsp3) is 0.308. The number of benzene rings is 1. The van der Waals surface area contributed by atoms with E-state index in [1.165, 1.54) is 5.56 Å². The molecule has 0 aliphatic heterocycles. The Labute approximate surface area is 105 Å². The minimum absolute atomic E-state index is 0. The maximum Gasteiger partial charge on any atom is 1.00 e. The summed E-state index contributed by atoms with van der Waals surface area (Å²) in [5.74, 6) is 0. The molecular formula is C13H18LiN. The van der Waals surface area contributed by atoms with Crippen molar-refractivity contribution < 1.29 is 18.9 Å². The van der Waals surface area contributed by atoms with Crippen molar-refractivity contribution in [2.24, 2.45) is 0 Å². The van der Waals surface area contributed by atoms with Crippen molar-refractivity contribution in [3.63, 3.8) is 0 Å². The minimum atomic E-state index is 0. The molecule has 0 saturated heterocycles. The van der Waals surface area contributed by atoms with Crippen LogP contribution in [-0.2, 0) is 6.42 Å². The Hall–Kier alpha value is -0.613. The fourth-order valence-electron chi connectivity index (χ4n) is 1.31. The molecule has 1 aromatic rings. The van der Waals surface area contributed by atoms with Gasteiger partial charge in [-0.1, -0.05) is 30.3 Å². The summed E-state index contributed by atoms with van der Waals surface area (Å²) >= 11 is 0. The second kappa shape index (κ2) is 8.68. The van der Waals surface area contributed by atoms with E-state index < -0.39 is 0 Å². The van der Waals surface area contributed by atoms with Gasteiger partial charge in [0.2, 0.25) is 0 Å². The normalized spacial score (nSPS) is 10.5. The second-order valence-electron chi connectivity index (χ2n) is 3.47. The molecule has 2 heteroatoms. The van der Waals surface area contributed by atoms with E-state index in [-0.39, 0.29) is 18.9 Å². The van der Waals surface area contributed by atoms with Crippen LogP contribution in [-0.4, -0.2) is 25.0 Å². The van der Waals surface area contributed by atoms with Crippen LogP contribution >= 0.6 is 0 Å². The van der Waals surface area contributed by atoms with E-state index in [2.05, 4.69) is 55.3 Å². The summed E-state index contributed by atoms with van der Waals surface area (Å²) < 4.78 is 0. The molecule has 1 nitrogen and oxygen atoms in total.